The largest absolute Gasteiger partial charge is 0.355 e. The van der Waals surface area contributed by atoms with Crippen molar-refractivity contribution in [1.82, 2.24) is 25.5 Å². The van der Waals surface area contributed by atoms with E-state index >= 15 is 0 Å². The third-order valence-electron chi connectivity index (χ3n) is 6.96. The molecule has 4 aromatic rings. The molecule has 1 saturated heterocycles. The summed E-state index contributed by atoms with van der Waals surface area (Å²) in [6.07, 6.45) is 3.29. The Labute approximate surface area is 237 Å². The molecule has 2 amide bonds. The van der Waals surface area contributed by atoms with Crippen LogP contribution in [0.2, 0.25) is 10.0 Å². The minimum Gasteiger partial charge on any atom is -0.355 e. The first-order valence-corrected chi connectivity index (χ1v) is 13.6. The summed E-state index contributed by atoms with van der Waals surface area (Å²) in [4.78, 5) is 25.2. The van der Waals surface area contributed by atoms with Crippen molar-refractivity contribution in [2.24, 2.45) is 0 Å². The van der Waals surface area contributed by atoms with Gasteiger partial charge in [0.05, 0.1) is 16.4 Å². The third kappa shape index (κ3) is 5.71. The molecule has 5 rings (SSSR count). The number of nitrogens with zero attached hydrogens (tertiary/aromatic N) is 3. The summed E-state index contributed by atoms with van der Waals surface area (Å²) in [5.74, 6) is -0.367. The van der Waals surface area contributed by atoms with E-state index < -0.39 is 0 Å². The minimum atomic E-state index is -0.243. The molecule has 1 aliphatic rings. The molecule has 0 unspecified atom stereocenters. The van der Waals surface area contributed by atoms with Crippen LogP contribution < -0.4 is 10.7 Å². The Kier molecular flexibility index (Phi) is 8.02. The fourth-order valence-electron chi connectivity index (χ4n) is 4.86. The number of hydrazine groups is 1. The topological polar surface area (TPSA) is 79.3 Å². The second-order valence-corrected chi connectivity index (χ2v) is 10.4. The number of amides is 2. The number of rotatable bonds is 6. The zero-order valence-electron chi connectivity index (χ0n) is 21.8. The van der Waals surface area contributed by atoms with Crippen LogP contribution in [-0.2, 0) is 0 Å². The number of nitrogens with one attached hydrogen (secondary N) is 2. The summed E-state index contributed by atoms with van der Waals surface area (Å²) >= 11 is 12.8. The number of halogens is 2. The maximum Gasteiger partial charge on any atom is 0.286 e. The minimum absolute atomic E-state index is 0.123. The number of hydrogen-bond acceptors (Lipinski definition) is 4. The van der Waals surface area contributed by atoms with Crippen LogP contribution in [0.25, 0.3) is 28.1 Å². The van der Waals surface area contributed by atoms with Crippen LogP contribution in [0.3, 0.4) is 0 Å². The molecule has 0 bridgehead atoms. The summed E-state index contributed by atoms with van der Waals surface area (Å²) in [5, 5.41) is 10.3. The van der Waals surface area contributed by atoms with E-state index in [2.05, 4.69) is 10.7 Å². The molecule has 0 aliphatic carbocycles. The van der Waals surface area contributed by atoms with Crippen LogP contribution in [0.4, 0.5) is 0 Å². The second-order valence-electron chi connectivity index (χ2n) is 9.55. The maximum atomic E-state index is 13.3. The molecule has 0 radical (unpaired) electrons. The lowest BCUT2D eigenvalue weighted by molar-refractivity contribution is 0.0743. The van der Waals surface area contributed by atoms with Crippen LogP contribution in [0.15, 0.2) is 66.7 Å². The van der Waals surface area contributed by atoms with Crippen LogP contribution in [-0.4, -0.2) is 46.7 Å². The average Bonchev–Trinajstić information content (AvgIpc) is 3.30. The van der Waals surface area contributed by atoms with E-state index in [0.29, 0.717) is 27.0 Å². The van der Waals surface area contributed by atoms with Gasteiger partial charge in [-0.05, 0) is 61.2 Å². The number of piperidine rings is 1. The number of carbonyl (C=O) groups excluding carboxylic acids is 2. The number of hydrogen-bond donors (Lipinski definition) is 2. The molecule has 3 aromatic carbocycles. The molecular weight excluding hydrogens is 533 g/mol. The number of aromatic nitrogens is 2. The van der Waals surface area contributed by atoms with Gasteiger partial charge in [0.1, 0.15) is 0 Å². The van der Waals surface area contributed by atoms with Gasteiger partial charge in [0.15, 0.2) is 5.69 Å². The van der Waals surface area contributed by atoms with Gasteiger partial charge in [-0.1, -0.05) is 66.0 Å². The molecule has 0 saturated carbocycles. The Morgan fingerprint density at radius 2 is 1.44 bits per heavy atom. The van der Waals surface area contributed by atoms with Crippen LogP contribution in [0.1, 0.15) is 45.7 Å². The van der Waals surface area contributed by atoms with Gasteiger partial charge in [-0.2, -0.15) is 5.10 Å². The summed E-state index contributed by atoms with van der Waals surface area (Å²) < 4.78 is 1.71. The number of carbonyl (C=O) groups is 2. The Hall–Kier alpha value is -3.65. The van der Waals surface area contributed by atoms with Gasteiger partial charge in [-0.15, -0.1) is 0 Å². The van der Waals surface area contributed by atoms with Crippen molar-refractivity contribution < 1.29 is 9.59 Å². The molecule has 39 heavy (non-hydrogen) atoms. The average molecular weight is 563 g/mol. The van der Waals surface area contributed by atoms with Crippen LogP contribution in [0, 0.1) is 6.92 Å². The highest BCUT2D eigenvalue weighted by Crippen LogP contribution is 2.34. The van der Waals surface area contributed by atoms with Gasteiger partial charge < -0.3 is 5.32 Å². The van der Waals surface area contributed by atoms with E-state index in [4.69, 9.17) is 28.3 Å². The first kappa shape index (κ1) is 26.9. The summed E-state index contributed by atoms with van der Waals surface area (Å²) in [6.45, 7) is 3.55. The Morgan fingerprint density at radius 3 is 2.05 bits per heavy atom. The Balaban J connectivity index is 1.52. The molecule has 7 nitrogen and oxygen atoms in total. The molecule has 1 aliphatic heterocycles. The maximum absolute atomic E-state index is 13.3. The van der Waals surface area contributed by atoms with Crippen molar-refractivity contribution in [3.8, 4) is 28.1 Å². The predicted molar refractivity (Wildman–Crippen MR) is 155 cm³/mol. The second kappa shape index (κ2) is 11.6. The Bertz CT molecular complexity index is 1510. The van der Waals surface area contributed by atoms with E-state index in [1.807, 2.05) is 48.3 Å². The molecular formula is C30H29Cl2N5O2. The fourth-order valence-corrected chi connectivity index (χ4v) is 5.35. The van der Waals surface area contributed by atoms with Gasteiger partial charge in [0, 0.05) is 41.9 Å². The molecule has 9 heteroatoms. The van der Waals surface area contributed by atoms with Crippen molar-refractivity contribution >= 4 is 35.0 Å². The van der Waals surface area contributed by atoms with Gasteiger partial charge in [-0.3, -0.25) is 15.0 Å². The molecule has 2 N–H and O–H groups in total. The highest BCUT2D eigenvalue weighted by Gasteiger charge is 2.25. The van der Waals surface area contributed by atoms with Crippen LogP contribution >= 0.6 is 23.2 Å². The van der Waals surface area contributed by atoms with Crippen LogP contribution in [0.5, 0.6) is 0 Å². The predicted octanol–water partition coefficient (Wildman–Crippen LogP) is 6.31. The number of benzene rings is 3. The van der Waals surface area contributed by atoms with E-state index in [0.717, 1.165) is 53.9 Å². The zero-order chi connectivity index (χ0) is 27.5. The van der Waals surface area contributed by atoms with E-state index in [-0.39, 0.29) is 11.8 Å². The van der Waals surface area contributed by atoms with E-state index in [1.54, 1.807) is 42.1 Å². The van der Waals surface area contributed by atoms with Crippen molar-refractivity contribution in [3.05, 3.63) is 93.6 Å². The Morgan fingerprint density at radius 1 is 0.821 bits per heavy atom. The molecule has 1 aromatic heterocycles. The quantitative estimate of drug-likeness (QED) is 0.289. The van der Waals surface area contributed by atoms with Gasteiger partial charge in [0.2, 0.25) is 0 Å². The van der Waals surface area contributed by atoms with Gasteiger partial charge in [0.25, 0.3) is 11.8 Å². The fraction of sp³-hybridized carbons (Fsp3) is 0.233. The molecule has 200 valence electrons. The highest BCUT2D eigenvalue weighted by molar-refractivity contribution is 6.35. The smallest absolute Gasteiger partial charge is 0.286 e. The lowest BCUT2D eigenvalue weighted by atomic mass is 10.00. The first-order chi connectivity index (χ1) is 18.9. The molecule has 2 heterocycles. The zero-order valence-corrected chi connectivity index (χ0v) is 23.3. The summed E-state index contributed by atoms with van der Waals surface area (Å²) in [7, 11) is 1.61. The monoisotopic (exact) mass is 561 g/mol. The molecule has 0 atom stereocenters. The van der Waals surface area contributed by atoms with E-state index in [1.165, 1.54) is 6.42 Å². The lowest BCUT2D eigenvalue weighted by Gasteiger charge is -2.26. The standard InChI is InChI=1S/C30H29Cl2N5O2/c1-19-27(30(39)35-36-16-4-3-5-17-36)34-37(26-15-14-24(31)18-25(26)32)28(19)22-10-6-20(7-11-22)21-8-12-23(13-9-21)29(38)33-2/h6-15,18H,3-5,16-17H2,1-2H3,(H,33,38)(H,35,39). The molecule has 1 fully saturated rings. The van der Waals surface area contributed by atoms with Crippen molar-refractivity contribution in [2.75, 3.05) is 20.1 Å². The van der Waals surface area contributed by atoms with Crippen molar-refractivity contribution in [1.29, 1.82) is 0 Å². The SMILES string of the molecule is CNC(=O)c1ccc(-c2ccc(-c3c(C)c(C(=O)NN4CCCCC4)nn3-c3ccc(Cl)cc3Cl)cc2)cc1. The van der Waals surface area contributed by atoms with Crippen molar-refractivity contribution in [2.45, 2.75) is 26.2 Å². The van der Waals surface area contributed by atoms with Gasteiger partial charge in [-0.25, -0.2) is 9.69 Å². The lowest BCUT2D eigenvalue weighted by Crippen LogP contribution is -2.45. The normalized spacial score (nSPS) is 13.7. The highest BCUT2D eigenvalue weighted by atomic mass is 35.5. The third-order valence-corrected chi connectivity index (χ3v) is 7.49. The molecule has 0 spiro atoms. The summed E-state index contributed by atoms with van der Waals surface area (Å²) in [5.41, 5.74) is 8.99. The van der Waals surface area contributed by atoms with E-state index in [9.17, 15) is 9.59 Å². The van der Waals surface area contributed by atoms with Crippen molar-refractivity contribution in [3.63, 3.8) is 0 Å². The first-order valence-electron chi connectivity index (χ1n) is 12.9. The van der Waals surface area contributed by atoms with Gasteiger partial charge >= 0.3 is 0 Å². The summed E-state index contributed by atoms with van der Waals surface area (Å²) in [6, 6.07) is 20.7.